The normalized spacial score (nSPS) is 16.4. The van der Waals surface area contributed by atoms with Gasteiger partial charge in [-0.2, -0.15) is 0 Å². The van der Waals surface area contributed by atoms with Crippen LogP contribution in [0.15, 0.2) is 48.5 Å². The average Bonchev–Trinajstić information content (AvgIpc) is 3.29. The summed E-state index contributed by atoms with van der Waals surface area (Å²) in [5, 5.41) is 107. The summed E-state index contributed by atoms with van der Waals surface area (Å²) in [7, 11) is 0. The fourth-order valence-corrected chi connectivity index (χ4v) is 9.84. The molecule has 1 aliphatic rings. The van der Waals surface area contributed by atoms with E-state index in [-0.39, 0.29) is 122 Å². The minimum Gasteiger partial charge on any atom is -0.508 e. The number of carbonyl (C=O) groups excluding carboxylic acids is 4. The summed E-state index contributed by atoms with van der Waals surface area (Å²) < 4.78 is 21.8. The van der Waals surface area contributed by atoms with Gasteiger partial charge in [-0.1, -0.05) is 0 Å². The monoisotopic (exact) mass is 1120 g/mol. The fraction of sp³-hybridized carbons (Fsp3) is 0.533. The largest absolute Gasteiger partial charge is 0.508 e. The van der Waals surface area contributed by atoms with Crippen LogP contribution < -0.4 is 21.3 Å². The van der Waals surface area contributed by atoms with Crippen molar-refractivity contribution in [2.24, 2.45) is 0 Å². The molecule has 0 aromatic heterocycles. The van der Waals surface area contributed by atoms with Crippen molar-refractivity contribution in [1.29, 1.82) is 0 Å². The van der Waals surface area contributed by atoms with E-state index in [0.717, 1.165) is 24.3 Å². The Kier molecular flexibility index (Phi) is 20.6. The molecule has 4 aromatic rings. The van der Waals surface area contributed by atoms with Crippen molar-refractivity contribution in [3.63, 3.8) is 0 Å². The molecule has 0 saturated heterocycles. The molecular weight excluding hydrogens is 1030 g/mol. The first-order valence-corrected chi connectivity index (χ1v) is 27.2. The molecule has 0 atom stereocenters. The van der Waals surface area contributed by atoms with Gasteiger partial charge in [-0.3, -0.25) is 0 Å². The zero-order valence-electron chi connectivity index (χ0n) is 48.3. The van der Waals surface area contributed by atoms with E-state index in [1.54, 1.807) is 107 Å². The van der Waals surface area contributed by atoms with Gasteiger partial charge in [0.1, 0.15) is 68.4 Å². The Morgan fingerprint density at radius 1 is 0.312 bits per heavy atom. The van der Waals surface area contributed by atoms with E-state index >= 15 is 0 Å². The van der Waals surface area contributed by atoms with Crippen molar-refractivity contribution >= 4 is 24.4 Å². The summed E-state index contributed by atoms with van der Waals surface area (Å²) in [5.41, 5.74) is -1.66. The Balaban J connectivity index is 1.81. The minimum absolute atomic E-state index is 0.0793. The molecule has 4 aromatic carbocycles. The highest BCUT2D eigenvalue weighted by Gasteiger charge is 2.34. The van der Waals surface area contributed by atoms with Crippen LogP contribution in [0.2, 0.25) is 0 Å². The van der Waals surface area contributed by atoms with Crippen LogP contribution in [-0.2, 0) is 18.9 Å². The van der Waals surface area contributed by atoms with Gasteiger partial charge in [0.05, 0.1) is 0 Å². The summed E-state index contributed by atoms with van der Waals surface area (Å²) in [6.07, 6.45) is -1.29. The molecule has 4 amide bonds. The van der Waals surface area contributed by atoms with Crippen molar-refractivity contribution < 1.29 is 79.0 Å². The number of hydrogen-bond donors (Lipinski definition) is 12. The third kappa shape index (κ3) is 18.2. The highest BCUT2D eigenvalue weighted by molar-refractivity contribution is 5.69. The molecule has 440 valence electrons. The summed E-state index contributed by atoms with van der Waals surface area (Å²) >= 11 is 0. The zero-order chi connectivity index (χ0) is 59.7. The Bertz CT molecular complexity index is 2360. The van der Waals surface area contributed by atoms with Crippen molar-refractivity contribution in [3.8, 4) is 46.0 Å². The van der Waals surface area contributed by atoms with Crippen LogP contribution in [0.4, 0.5) is 19.2 Å². The maximum absolute atomic E-state index is 12.8. The molecular formula is C60H84N4O16. The second kappa shape index (κ2) is 26.1. The molecule has 5 rings (SSSR count). The van der Waals surface area contributed by atoms with E-state index in [1.807, 2.05) is 0 Å². The molecule has 80 heavy (non-hydrogen) atoms. The summed E-state index contributed by atoms with van der Waals surface area (Å²) in [4.78, 5) is 51.2. The van der Waals surface area contributed by atoms with Gasteiger partial charge in [0.25, 0.3) is 0 Å². The van der Waals surface area contributed by atoms with E-state index in [9.17, 15) is 60.0 Å². The lowest BCUT2D eigenvalue weighted by atomic mass is 9.76. The first-order valence-electron chi connectivity index (χ1n) is 27.2. The zero-order valence-corrected chi connectivity index (χ0v) is 48.3. The molecule has 0 aliphatic heterocycles. The Morgan fingerprint density at radius 2 is 0.463 bits per heavy atom. The number of amides is 4. The van der Waals surface area contributed by atoms with Crippen LogP contribution >= 0.6 is 0 Å². The molecule has 0 heterocycles. The van der Waals surface area contributed by atoms with Crippen LogP contribution in [0.25, 0.3) is 0 Å². The molecule has 8 bridgehead atoms. The molecule has 0 radical (unpaired) electrons. The van der Waals surface area contributed by atoms with Gasteiger partial charge in [-0.15, -0.1) is 0 Å². The van der Waals surface area contributed by atoms with Gasteiger partial charge >= 0.3 is 24.4 Å². The van der Waals surface area contributed by atoms with E-state index in [4.69, 9.17) is 18.9 Å². The molecule has 0 spiro atoms. The molecule has 20 nitrogen and oxygen atoms in total. The second-order valence-corrected chi connectivity index (χ2v) is 24.4. The van der Waals surface area contributed by atoms with Gasteiger partial charge in [-0.05, 0) is 159 Å². The van der Waals surface area contributed by atoms with Crippen molar-refractivity contribution in [1.82, 2.24) is 21.3 Å². The average molecular weight is 1120 g/mol. The number of aromatic hydroxyl groups is 8. The van der Waals surface area contributed by atoms with Crippen molar-refractivity contribution in [3.05, 3.63) is 93.0 Å². The number of nitrogens with one attached hydrogen (secondary N) is 4. The van der Waals surface area contributed by atoms with E-state index in [0.29, 0.717) is 0 Å². The number of alkyl carbamates (subject to hydrolysis) is 4. The molecule has 0 unspecified atom stereocenters. The second-order valence-electron chi connectivity index (χ2n) is 24.4. The maximum atomic E-state index is 12.8. The molecule has 12 N–H and O–H groups in total. The van der Waals surface area contributed by atoms with E-state index in [1.165, 1.54) is 0 Å². The predicted molar refractivity (Wildman–Crippen MR) is 300 cm³/mol. The van der Waals surface area contributed by atoms with Gasteiger partial charge in [0.15, 0.2) is 0 Å². The molecule has 1 aliphatic carbocycles. The van der Waals surface area contributed by atoms with E-state index < -0.39 is 116 Å². The van der Waals surface area contributed by atoms with Crippen LogP contribution in [0.3, 0.4) is 0 Å². The van der Waals surface area contributed by atoms with Crippen molar-refractivity contribution in [2.45, 2.75) is 181 Å². The lowest BCUT2D eigenvalue weighted by molar-refractivity contribution is 0.0515. The standard InChI is InChI=1S/C60H84N4O16/c1-57(2,3)77-53(73)61-21-13-17-33-37-25-39(47(67)29-45(37)65)34(18-14-22-62-54(74)78-58(4,5)6)41-27-43(51(71)31-49(41)69)36(20-16-24-64-56(76)80-60(10,11)12)44-28-42(50(70)32-52(44)72)35(40-26-38(33)46(66)30-48(40)68)19-15-23-63-55(75)79-59(7,8)9/h25-36,65-72H,13-24H2,1-12H3,(H,61,73)(H,62,74)(H,63,75)(H,64,76). The van der Waals surface area contributed by atoms with Gasteiger partial charge in [0.2, 0.25) is 0 Å². The number of phenols is 8. The van der Waals surface area contributed by atoms with Crippen LogP contribution in [0, 0.1) is 0 Å². The Labute approximate surface area is 468 Å². The Morgan fingerprint density at radius 3 is 0.600 bits per heavy atom. The number of phenolic OH excluding ortho intramolecular Hbond substituents is 8. The third-order valence-corrected chi connectivity index (χ3v) is 13.1. The number of hydrogen-bond acceptors (Lipinski definition) is 16. The summed E-state index contributed by atoms with van der Waals surface area (Å²) in [6, 6.07) is 10.8. The van der Waals surface area contributed by atoms with Crippen LogP contribution in [0.1, 0.15) is 203 Å². The fourth-order valence-electron chi connectivity index (χ4n) is 9.84. The topological polar surface area (TPSA) is 315 Å². The molecule has 0 fully saturated rings. The number of fused-ring (bicyclic) bond motifs is 8. The Hall–Kier alpha value is -7.64. The van der Waals surface area contributed by atoms with Crippen LogP contribution in [0.5, 0.6) is 46.0 Å². The molecule has 20 heteroatoms. The van der Waals surface area contributed by atoms with Crippen LogP contribution in [-0.4, -0.2) is 114 Å². The number of ether oxygens (including phenoxy) is 4. The predicted octanol–water partition coefficient (Wildman–Crippen LogP) is 11.4. The highest BCUT2D eigenvalue weighted by atomic mass is 16.6. The maximum Gasteiger partial charge on any atom is 0.407 e. The highest BCUT2D eigenvalue weighted by Crippen LogP contribution is 2.52. The first-order chi connectivity index (χ1) is 37.1. The SMILES string of the molecule is CC(C)(C)OC(=O)NCCCC1c2cc(c(O)cc2O)C(CCCNC(=O)OC(C)(C)C)c2cc(c(O)cc2O)C(CCCNC(=O)OC(C)(C)C)c2cc(c(O)cc2O)C(CCCNC(=O)OC(C)(C)C)c2cc1c(O)cc2O. The van der Waals surface area contributed by atoms with Gasteiger partial charge in [0, 0.05) is 119 Å². The van der Waals surface area contributed by atoms with E-state index in [2.05, 4.69) is 21.3 Å². The third-order valence-electron chi connectivity index (χ3n) is 13.1. The molecule has 0 saturated carbocycles. The minimum atomic E-state index is -0.961. The lowest BCUT2D eigenvalue weighted by Crippen LogP contribution is -2.33. The number of carbonyl (C=O) groups is 4. The lowest BCUT2D eigenvalue weighted by Gasteiger charge is -2.29. The quantitative estimate of drug-likeness (QED) is 0.0366. The summed E-state index contributed by atoms with van der Waals surface area (Å²) in [5.74, 6) is -6.97. The number of benzene rings is 4. The van der Waals surface area contributed by atoms with Crippen molar-refractivity contribution in [2.75, 3.05) is 26.2 Å². The number of rotatable bonds is 16. The first kappa shape index (κ1) is 63.2. The summed E-state index contributed by atoms with van der Waals surface area (Å²) in [6.45, 7) is 21.0. The van der Waals surface area contributed by atoms with Gasteiger partial charge in [-0.25, -0.2) is 19.2 Å². The smallest absolute Gasteiger partial charge is 0.407 e. The van der Waals surface area contributed by atoms with Gasteiger partial charge < -0.3 is 81.1 Å².